The molecule has 0 aliphatic carbocycles. The molecular weight excluding hydrogens is 148 g/mol. The second-order valence-electron chi connectivity index (χ2n) is 3.97. The first kappa shape index (κ1) is 7.81. The average molecular weight is 162 g/mol. The van der Waals surface area contributed by atoms with E-state index in [2.05, 4.69) is 37.3 Å². The Bertz CT molecular complexity index is 249. The third-order valence-electron chi connectivity index (χ3n) is 2.37. The van der Waals surface area contributed by atoms with E-state index in [0.717, 1.165) is 19.6 Å². The maximum absolute atomic E-state index is 5.21. The predicted molar refractivity (Wildman–Crippen MR) is 49.1 cm³/mol. The molecule has 1 aliphatic heterocycles. The largest absolute Gasteiger partial charge is 0.380 e. The quantitative estimate of drug-likeness (QED) is 0.648. The highest BCUT2D eigenvalue weighted by Gasteiger charge is 2.32. The summed E-state index contributed by atoms with van der Waals surface area (Å²) in [5.41, 5.74) is 1.82. The fraction of sp³-hybridized carbons (Fsp3) is 0.455. The number of hydrogen-bond donors (Lipinski definition) is 0. The smallest absolute Gasteiger partial charge is 0.0545 e. The van der Waals surface area contributed by atoms with Gasteiger partial charge in [-0.05, 0) is 12.0 Å². The van der Waals surface area contributed by atoms with Crippen LogP contribution in [0.25, 0.3) is 0 Å². The predicted octanol–water partition coefficient (Wildman–Crippen LogP) is 2.27. The molecule has 0 spiro atoms. The maximum Gasteiger partial charge on any atom is 0.0545 e. The molecule has 0 N–H and O–H groups in total. The number of hydrogen-bond acceptors (Lipinski definition) is 1. The van der Waals surface area contributed by atoms with Gasteiger partial charge in [-0.1, -0.05) is 37.3 Å². The van der Waals surface area contributed by atoms with Gasteiger partial charge in [-0.2, -0.15) is 0 Å². The van der Waals surface area contributed by atoms with Crippen LogP contribution in [-0.2, 0) is 11.2 Å². The minimum absolute atomic E-state index is 0.404. The lowest BCUT2D eigenvalue weighted by molar-refractivity contribution is -0.100. The van der Waals surface area contributed by atoms with Gasteiger partial charge in [0.1, 0.15) is 0 Å². The molecule has 64 valence electrons. The molecule has 0 radical (unpaired) electrons. The van der Waals surface area contributed by atoms with Crippen LogP contribution in [0.15, 0.2) is 30.3 Å². The van der Waals surface area contributed by atoms with Crippen LogP contribution >= 0.6 is 0 Å². The van der Waals surface area contributed by atoms with Gasteiger partial charge in [-0.25, -0.2) is 0 Å². The van der Waals surface area contributed by atoms with Crippen molar-refractivity contribution in [3.05, 3.63) is 35.9 Å². The van der Waals surface area contributed by atoms with Gasteiger partial charge in [0.2, 0.25) is 0 Å². The first-order chi connectivity index (χ1) is 5.79. The Morgan fingerprint density at radius 1 is 1.25 bits per heavy atom. The summed E-state index contributed by atoms with van der Waals surface area (Å²) in [6, 6.07) is 10.6. The molecule has 1 nitrogen and oxygen atoms in total. The van der Waals surface area contributed by atoms with Crippen LogP contribution in [-0.4, -0.2) is 13.2 Å². The first-order valence-corrected chi connectivity index (χ1v) is 4.40. The van der Waals surface area contributed by atoms with Crippen molar-refractivity contribution in [1.82, 2.24) is 0 Å². The van der Waals surface area contributed by atoms with Crippen molar-refractivity contribution in [3.63, 3.8) is 0 Å². The third kappa shape index (κ3) is 1.51. The number of ether oxygens (including phenoxy) is 1. The molecule has 1 saturated heterocycles. The lowest BCUT2D eigenvalue weighted by Crippen LogP contribution is -2.41. The summed E-state index contributed by atoms with van der Waals surface area (Å²) in [5, 5.41) is 0. The van der Waals surface area contributed by atoms with E-state index in [9.17, 15) is 0 Å². The monoisotopic (exact) mass is 162 g/mol. The molecule has 1 heteroatoms. The molecule has 1 aliphatic rings. The summed E-state index contributed by atoms with van der Waals surface area (Å²) in [6.45, 7) is 4.12. The Morgan fingerprint density at radius 3 is 2.42 bits per heavy atom. The van der Waals surface area contributed by atoms with Gasteiger partial charge in [0, 0.05) is 5.41 Å². The van der Waals surface area contributed by atoms with Gasteiger partial charge < -0.3 is 4.74 Å². The molecule has 0 saturated carbocycles. The second kappa shape index (κ2) is 2.91. The van der Waals surface area contributed by atoms with E-state index in [1.54, 1.807) is 0 Å². The molecular formula is C11H14O. The van der Waals surface area contributed by atoms with Crippen LogP contribution in [0.1, 0.15) is 12.5 Å². The van der Waals surface area contributed by atoms with Gasteiger partial charge in [0.05, 0.1) is 13.2 Å². The van der Waals surface area contributed by atoms with Gasteiger partial charge >= 0.3 is 0 Å². The summed E-state index contributed by atoms with van der Waals surface area (Å²) in [4.78, 5) is 0. The van der Waals surface area contributed by atoms with Crippen LogP contribution in [0.5, 0.6) is 0 Å². The Hall–Kier alpha value is -0.820. The number of rotatable bonds is 2. The van der Waals surface area contributed by atoms with E-state index < -0.39 is 0 Å². The topological polar surface area (TPSA) is 9.23 Å². The van der Waals surface area contributed by atoms with Crippen molar-refractivity contribution in [3.8, 4) is 0 Å². The van der Waals surface area contributed by atoms with Gasteiger partial charge in [-0.15, -0.1) is 0 Å². The van der Waals surface area contributed by atoms with Crippen LogP contribution in [0, 0.1) is 5.41 Å². The Kier molecular flexibility index (Phi) is 1.89. The van der Waals surface area contributed by atoms with Crippen molar-refractivity contribution in [2.75, 3.05) is 13.2 Å². The van der Waals surface area contributed by atoms with Crippen molar-refractivity contribution in [2.45, 2.75) is 13.3 Å². The Labute approximate surface area is 73.4 Å². The minimum atomic E-state index is 0.404. The lowest BCUT2D eigenvalue weighted by atomic mass is 9.82. The zero-order valence-electron chi connectivity index (χ0n) is 7.42. The Morgan fingerprint density at radius 2 is 1.92 bits per heavy atom. The van der Waals surface area contributed by atoms with Crippen molar-refractivity contribution >= 4 is 0 Å². The highest BCUT2D eigenvalue weighted by Crippen LogP contribution is 2.30. The molecule has 12 heavy (non-hydrogen) atoms. The molecule has 1 heterocycles. The van der Waals surface area contributed by atoms with Crippen LogP contribution in [0.4, 0.5) is 0 Å². The zero-order valence-corrected chi connectivity index (χ0v) is 7.42. The Balaban J connectivity index is 2.04. The van der Waals surface area contributed by atoms with Crippen LogP contribution < -0.4 is 0 Å². The fourth-order valence-electron chi connectivity index (χ4n) is 1.64. The summed E-state index contributed by atoms with van der Waals surface area (Å²) in [7, 11) is 0. The molecule has 1 aromatic rings. The summed E-state index contributed by atoms with van der Waals surface area (Å²) >= 11 is 0. The van der Waals surface area contributed by atoms with E-state index in [4.69, 9.17) is 4.74 Å². The van der Waals surface area contributed by atoms with Gasteiger partial charge in [0.15, 0.2) is 0 Å². The average Bonchev–Trinajstić information content (AvgIpc) is 2.04. The van der Waals surface area contributed by atoms with E-state index >= 15 is 0 Å². The van der Waals surface area contributed by atoms with E-state index in [0.29, 0.717) is 5.41 Å². The van der Waals surface area contributed by atoms with Crippen molar-refractivity contribution in [2.24, 2.45) is 5.41 Å². The van der Waals surface area contributed by atoms with Gasteiger partial charge in [-0.3, -0.25) is 0 Å². The lowest BCUT2D eigenvalue weighted by Gasteiger charge is -2.38. The third-order valence-corrected chi connectivity index (χ3v) is 2.37. The zero-order chi connectivity index (χ0) is 8.44. The standard InChI is InChI=1S/C11H14O/c1-11(8-12-9-11)7-10-5-3-2-4-6-10/h2-6H,7-9H2,1H3. The number of benzene rings is 1. The summed E-state index contributed by atoms with van der Waals surface area (Å²) < 4.78 is 5.21. The van der Waals surface area contributed by atoms with Crippen molar-refractivity contribution in [1.29, 1.82) is 0 Å². The van der Waals surface area contributed by atoms with Crippen LogP contribution in [0.2, 0.25) is 0 Å². The molecule has 0 unspecified atom stereocenters. The molecule has 1 aromatic carbocycles. The molecule has 0 atom stereocenters. The molecule has 0 aromatic heterocycles. The van der Waals surface area contributed by atoms with E-state index in [1.165, 1.54) is 5.56 Å². The highest BCUT2D eigenvalue weighted by molar-refractivity contribution is 5.16. The molecule has 0 bridgehead atoms. The SMILES string of the molecule is CC1(Cc2ccccc2)COC1. The maximum atomic E-state index is 5.21. The first-order valence-electron chi connectivity index (χ1n) is 4.40. The molecule has 0 amide bonds. The summed E-state index contributed by atoms with van der Waals surface area (Å²) in [6.07, 6.45) is 1.15. The normalized spacial score (nSPS) is 20.1. The fourth-order valence-corrected chi connectivity index (χ4v) is 1.64. The van der Waals surface area contributed by atoms with E-state index in [1.807, 2.05) is 0 Å². The second-order valence-corrected chi connectivity index (χ2v) is 3.97. The van der Waals surface area contributed by atoms with Crippen LogP contribution in [0.3, 0.4) is 0 Å². The van der Waals surface area contributed by atoms with Gasteiger partial charge in [0.25, 0.3) is 0 Å². The van der Waals surface area contributed by atoms with Crippen molar-refractivity contribution < 1.29 is 4.74 Å². The molecule has 2 rings (SSSR count). The van der Waals surface area contributed by atoms with E-state index in [-0.39, 0.29) is 0 Å². The highest BCUT2D eigenvalue weighted by atomic mass is 16.5. The summed E-state index contributed by atoms with van der Waals surface area (Å²) in [5.74, 6) is 0. The minimum Gasteiger partial charge on any atom is -0.380 e. The molecule has 1 fully saturated rings.